The molecule has 0 aliphatic carbocycles. The first-order chi connectivity index (χ1) is 6.72. The molecule has 0 unspecified atom stereocenters. The number of amides is 1. The van der Waals surface area contributed by atoms with Crippen molar-refractivity contribution in [3.63, 3.8) is 0 Å². The zero-order valence-electron chi connectivity index (χ0n) is 7.62. The lowest BCUT2D eigenvalue weighted by Crippen LogP contribution is -2.27. The Balaban J connectivity index is 2.38. The summed E-state index contributed by atoms with van der Waals surface area (Å²) in [5, 5.41) is 0.624. The van der Waals surface area contributed by atoms with E-state index >= 15 is 0 Å². The van der Waals surface area contributed by atoms with E-state index in [0.29, 0.717) is 10.8 Å². The first-order valence-corrected chi connectivity index (χ1v) is 4.30. The van der Waals surface area contributed by atoms with Gasteiger partial charge in [0, 0.05) is 5.02 Å². The number of benzene rings is 1. The monoisotopic (exact) mass is 215 g/mol. The highest BCUT2D eigenvalue weighted by Crippen LogP contribution is 2.15. The summed E-state index contributed by atoms with van der Waals surface area (Å²) in [6.45, 7) is -0.0878. The second-order valence-electron chi connectivity index (χ2n) is 2.47. The first kappa shape index (κ1) is 10.8. The van der Waals surface area contributed by atoms with Gasteiger partial charge in [0.1, 0.15) is 5.75 Å². The summed E-state index contributed by atoms with van der Waals surface area (Å²) >= 11 is 5.67. The van der Waals surface area contributed by atoms with E-state index in [1.807, 2.05) is 0 Å². The quantitative estimate of drug-likeness (QED) is 0.773. The highest BCUT2D eigenvalue weighted by atomic mass is 35.5. The number of hydrogen-bond acceptors (Lipinski definition) is 3. The molecule has 0 heterocycles. The number of carbonyl (C=O) groups is 1. The van der Waals surface area contributed by atoms with E-state index in [1.165, 1.54) is 7.11 Å². The van der Waals surface area contributed by atoms with Crippen molar-refractivity contribution < 1.29 is 14.4 Å². The molecule has 1 amide bonds. The molecule has 0 spiro atoms. The molecule has 1 rings (SSSR count). The number of nitrogens with one attached hydrogen (secondary N) is 1. The molecule has 0 aliphatic heterocycles. The number of halogens is 1. The van der Waals surface area contributed by atoms with E-state index in [-0.39, 0.29) is 12.5 Å². The van der Waals surface area contributed by atoms with Crippen LogP contribution in [0.1, 0.15) is 0 Å². The Morgan fingerprint density at radius 2 is 2.07 bits per heavy atom. The molecule has 76 valence electrons. The van der Waals surface area contributed by atoms with Crippen LogP contribution in [0.15, 0.2) is 24.3 Å². The molecule has 1 aromatic rings. The standard InChI is InChI=1S/C9H10ClNO3/c1-13-11-9(12)6-14-8-4-2-7(10)3-5-8/h2-5H,6H2,1H3,(H,11,12). The molecule has 0 saturated heterocycles. The zero-order valence-corrected chi connectivity index (χ0v) is 8.38. The largest absolute Gasteiger partial charge is 0.484 e. The lowest BCUT2D eigenvalue weighted by atomic mass is 10.3. The number of rotatable bonds is 4. The Labute approximate surface area is 86.7 Å². The molecule has 0 atom stereocenters. The Bertz CT molecular complexity index is 299. The second-order valence-corrected chi connectivity index (χ2v) is 2.91. The number of ether oxygens (including phenoxy) is 1. The van der Waals surface area contributed by atoms with Crippen LogP contribution in [0.3, 0.4) is 0 Å². The highest BCUT2D eigenvalue weighted by molar-refractivity contribution is 6.30. The van der Waals surface area contributed by atoms with Crippen LogP contribution in [0.2, 0.25) is 5.02 Å². The molecule has 14 heavy (non-hydrogen) atoms. The first-order valence-electron chi connectivity index (χ1n) is 3.92. The summed E-state index contributed by atoms with van der Waals surface area (Å²) in [6.07, 6.45) is 0. The van der Waals surface area contributed by atoms with E-state index in [9.17, 15) is 4.79 Å². The van der Waals surface area contributed by atoms with Gasteiger partial charge >= 0.3 is 0 Å². The van der Waals surface area contributed by atoms with Gasteiger partial charge in [-0.3, -0.25) is 9.63 Å². The maximum Gasteiger partial charge on any atom is 0.281 e. The Hall–Kier alpha value is -1.26. The predicted molar refractivity (Wildman–Crippen MR) is 52.1 cm³/mol. The maximum atomic E-state index is 10.9. The van der Waals surface area contributed by atoms with Crippen molar-refractivity contribution in [2.24, 2.45) is 0 Å². The summed E-state index contributed by atoms with van der Waals surface area (Å²) in [7, 11) is 1.36. The second kappa shape index (κ2) is 5.47. The van der Waals surface area contributed by atoms with Crippen LogP contribution < -0.4 is 10.2 Å². The summed E-state index contributed by atoms with van der Waals surface area (Å²) in [6, 6.07) is 6.74. The third-order valence-electron chi connectivity index (χ3n) is 1.40. The van der Waals surface area contributed by atoms with Crippen molar-refractivity contribution in [3.8, 4) is 5.75 Å². The third-order valence-corrected chi connectivity index (χ3v) is 1.65. The van der Waals surface area contributed by atoms with Crippen molar-refractivity contribution in [1.82, 2.24) is 5.48 Å². The number of carbonyl (C=O) groups excluding carboxylic acids is 1. The van der Waals surface area contributed by atoms with Gasteiger partial charge in [-0.15, -0.1) is 0 Å². The van der Waals surface area contributed by atoms with Crippen molar-refractivity contribution >= 4 is 17.5 Å². The lowest BCUT2D eigenvalue weighted by molar-refractivity contribution is -0.133. The summed E-state index contributed by atoms with van der Waals surface area (Å²) in [4.78, 5) is 15.3. The average molecular weight is 216 g/mol. The van der Waals surface area contributed by atoms with Crippen molar-refractivity contribution in [1.29, 1.82) is 0 Å². The van der Waals surface area contributed by atoms with Crippen LogP contribution in [0.25, 0.3) is 0 Å². The SMILES string of the molecule is CONC(=O)COc1ccc(Cl)cc1. The van der Waals surface area contributed by atoms with Gasteiger partial charge in [0.2, 0.25) is 0 Å². The molecular formula is C9H10ClNO3. The van der Waals surface area contributed by atoms with Gasteiger partial charge in [0.25, 0.3) is 5.91 Å². The van der Waals surface area contributed by atoms with E-state index in [0.717, 1.165) is 0 Å². The Kier molecular flexibility index (Phi) is 4.22. The molecule has 0 saturated carbocycles. The van der Waals surface area contributed by atoms with Gasteiger partial charge in [-0.1, -0.05) is 11.6 Å². The Morgan fingerprint density at radius 3 is 2.64 bits per heavy atom. The Morgan fingerprint density at radius 1 is 1.43 bits per heavy atom. The molecule has 1 aromatic carbocycles. The smallest absolute Gasteiger partial charge is 0.281 e. The van der Waals surface area contributed by atoms with Gasteiger partial charge in [-0.05, 0) is 24.3 Å². The molecule has 0 aromatic heterocycles. The van der Waals surface area contributed by atoms with Gasteiger partial charge in [-0.25, -0.2) is 5.48 Å². The van der Waals surface area contributed by atoms with Crippen LogP contribution in [0.4, 0.5) is 0 Å². The van der Waals surface area contributed by atoms with Crippen LogP contribution in [0.5, 0.6) is 5.75 Å². The van der Waals surface area contributed by atoms with Gasteiger partial charge in [-0.2, -0.15) is 0 Å². The average Bonchev–Trinajstić information content (AvgIpc) is 2.17. The zero-order chi connectivity index (χ0) is 10.4. The maximum absolute atomic E-state index is 10.9. The molecule has 4 nitrogen and oxygen atoms in total. The van der Waals surface area contributed by atoms with Crippen LogP contribution in [0, 0.1) is 0 Å². The van der Waals surface area contributed by atoms with Crippen LogP contribution in [-0.2, 0) is 9.63 Å². The van der Waals surface area contributed by atoms with Crippen molar-refractivity contribution in [2.45, 2.75) is 0 Å². The summed E-state index contributed by atoms with van der Waals surface area (Å²) < 4.78 is 5.12. The molecule has 1 N–H and O–H groups in total. The van der Waals surface area contributed by atoms with Crippen LogP contribution >= 0.6 is 11.6 Å². The van der Waals surface area contributed by atoms with E-state index in [4.69, 9.17) is 16.3 Å². The molecule has 0 radical (unpaired) electrons. The third kappa shape index (κ3) is 3.64. The summed E-state index contributed by atoms with van der Waals surface area (Å²) in [5.41, 5.74) is 2.14. The van der Waals surface area contributed by atoms with E-state index in [1.54, 1.807) is 24.3 Å². The molecule has 0 aliphatic rings. The predicted octanol–water partition coefficient (Wildman–Crippen LogP) is 1.40. The van der Waals surface area contributed by atoms with Gasteiger partial charge in [0.15, 0.2) is 6.61 Å². The van der Waals surface area contributed by atoms with Gasteiger partial charge < -0.3 is 4.74 Å². The lowest BCUT2D eigenvalue weighted by Gasteiger charge is -2.05. The topological polar surface area (TPSA) is 47.6 Å². The molecule has 0 fully saturated rings. The van der Waals surface area contributed by atoms with Crippen molar-refractivity contribution in [3.05, 3.63) is 29.3 Å². The molecular weight excluding hydrogens is 206 g/mol. The molecule has 0 bridgehead atoms. The minimum absolute atomic E-state index is 0.0878. The number of hydroxylamine groups is 1. The molecule has 5 heteroatoms. The number of hydrogen-bond donors (Lipinski definition) is 1. The normalized spacial score (nSPS) is 9.57. The van der Waals surface area contributed by atoms with E-state index in [2.05, 4.69) is 10.3 Å². The van der Waals surface area contributed by atoms with Gasteiger partial charge in [0.05, 0.1) is 7.11 Å². The fraction of sp³-hybridized carbons (Fsp3) is 0.222. The summed E-state index contributed by atoms with van der Waals surface area (Å²) in [5.74, 6) is 0.239. The van der Waals surface area contributed by atoms with Crippen LogP contribution in [-0.4, -0.2) is 19.6 Å². The minimum atomic E-state index is -0.345. The minimum Gasteiger partial charge on any atom is -0.484 e. The van der Waals surface area contributed by atoms with E-state index < -0.39 is 0 Å². The fourth-order valence-electron chi connectivity index (χ4n) is 0.823. The highest BCUT2D eigenvalue weighted by Gasteiger charge is 2.00. The van der Waals surface area contributed by atoms with Crippen molar-refractivity contribution in [2.75, 3.05) is 13.7 Å². The fourth-order valence-corrected chi connectivity index (χ4v) is 0.949.